The van der Waals surface area contributed by atoms with Crippen LogP contribution in [0.1, 0.15) is 43.7 Å². The molecule has 0 saturated heterocycles. The summed E-state index contributed by atoms with van der Waals surface area (Å²) in [5.41, 5.74) is 2.07. The minimum absolute atomic E-state index is 0.116. The average molecular weight is 330 g/mol. The van der Waals surface area contributed by atoms with Crippen molar-refractivity contribution in [1.82, 2.24) is 9.29 Å². The summed E-state index contributed by atoms with van der Waals surface area (Å²) in [5, 5.41) is 0. The number of rotatable bonds is 6. The standard InChI is InChI=1S/C18H22N2O2S/c1-14(2)16-5-9-18(10-6-16)23(21,22)20(17-7-8-17)13-15-4-3-11-19-12-15/h3-6,9-12,14,17H,7-8,13H2,1-2H3. The number of benzene rings is 1. The molecule has 2 aromatic rings. The summed E-state index contributed by atoms with van der Waals surface area (Å²) in [7, 11) is -3.47. The number of nitrogens with zero attached hydrogens (tertiary/aromatic N) is 2. The van der Waals surface area contributed by atoms with Gasteiger partial charge in [-0.2, -0.15) is 4.31 Å². The zero-order valence-electron chi connectivity index (χ0n) is 13.5. The van der Waals surface area contributed by atoms with Gasteiger partial charge < -0.3 is 0 Å². The van der Waals surface area contributed by atoms with E-state index in [0.29, 0.717) is 17.4 Å². The van der Waals surface area contributed by atoms with Gasteiger partial charge in [-0.1, -0.05) is 32.0 Å². The molecule has 0 spiro atoms. The Hall–Kier alpha value is -1.72. The van der Waals surface area contributed by atoms with Crippen LogP contribution >= 0.6 is 0 Å². The first kappa shape index (κ1) is 16.1. The molecule has 1 aromatic heterocycles. The van der Waals surface area contributed by atoms with Crippen LogP contribution in [0.5, 0.6) is 0 Å². The molecule has 1 aliphatic carbocycles. The Balaban J connectivity index is 1.88. The predicted molar refractivity (Wildman–Crippen MR) is 90.5 cm³/mol. The Kier molecular flexibility index (Phi) is 4.50. The van der Waals surface area contributed by atoms with E-state index in [-0.39, 0.29) is 6.04 Å². The summed E-state index contributed by atoms with van der Waals surface area (Å²) in [4.78, 5) is 4.45. The average Bonchev–Trinajstić information content (AvgIpc) is 3.38. The summed E-state index contributed by atoms with van der Waals surface area (Å²) in [6.07, 6.45) is 5.30. The van der Waals surface area contributed by atoms with E-state index < -0.39 is 10.0 Å². The van der Waals surface area contributed by atoms with Gasteiger partial charge in [-0.05, 0) is 48.1 Å². The molecule has 1 fully saturated rings. The Morgan fingerprint density at radius 1 is 1.17 bits per heavy atom. The highest BCUT2D eigenvalue weighted by molar-refractivity contribution is 7.89. The zero-order chi connectivity index (χ0) is 16.4. The van der Waals surface area contributed by atoms with Crippen molar-refractivity contribution >= 4 is 10.0 Å². The molecule has 0 amide bonds. The SMILES string of the molecule is CC(C)c1ccc(S(=O)(=O)N(Cc2cccnc2)C2CC2)cc1. The third-order valence-electron chi connectivity index (χ3n) is 4.17. The van der Waals surface area contributed by atoms with Gasteiger partial charge in [-0.3, -0.25) is 4.98 Å². The molecule has 1 aliphatic rings. The molecule has 0 N–H and O–H groups in total. The van der Waals surface area contributed by atoms with Crippen molar-refractivity contribution < 1.29 is 8.42 Å². The van der Waals surface area contributed by atoms with Gasteiger partial charge in [0.1, 0.15) is 0 Å². The van der Waals surface area contributed by atoms with Crippen LogP contribution in [0, 0.1) is 0 Å². The Bertz CT molecular complexity index is 751. The van der Waals surface area contributed by atoms with Gasteiger partial charge in [-0.25, -0.2) is 8.42 Å². The highest BCUT2D eigenvalue weighted by Crippen LogP contribution is 2.33. The second kappa shape index (κ2) is 6.42. The molecule has 1 aromatic carbocycles. The molecule has 3 rings (SSSR count). The lowest BCUT2D eigenvalue weighted by Crippen LogP contribution is -2.32. The molecule has 4 nitrogen and oxygen atoms in total. The van der Waals surface area contributed by atoms with Crippen molar-refractivity contribution in [3.8, 4) is 0 Å². The summed E-state index contributed by atoms with van der Waals surface area (Å²) >= 11 is 0. The maximum Gasteiger partial charge on any atom is 0.243 e. The van der Waals surface area contributed by atoms with E-state index in [0.717, 1.165) is 24.0 Å². The highest BCUT2D eigenvalue weighted by Gasteiger charge is 2.38. The fraction of sp³-hybridized carbons (Fsp3) is 0.389. The monoisotopic (exact) mass is 330 g/mol. The molecule has 0 unspecified atom stereocenters. The van der Waals surface area contributed by atoms with Gasteiger partial charge >= 0.3 is 0 Å². The largest absolute Gasteiger partial charge is 0.264 e. The fourth-order valence-corrected chi connectivity index (χ4v) is 4.28. The van der Waals surface area contributed by atoms with E-state index in [2.05, 4.69) is 18.8 Å². The van der Waals surface area contributed by atoms with Crippen LogP contribution < -0.4 is 0 Å². The molecular formula is C18H22N2O2S. The fourth-order valence-electron chi connectivity index (χ4n) is 2.60. The third-order valence-corrected chi connectivity index (χ3v) is 6.08. The maximum absolute atomic E-state index is 13.0. The first-order valence-corrected chi connectivity index (χ1v) is 9.43. The lowest BCUT2D eigenvalue weighted by atomic mass is 10.0. The van der Waals surface area contributed by atoms with E-state index >= 15 is 0 Å². The molecule has 0 radical (unpaired) electrons. The van der Waals surface area contributed by atoms with Crippen molar-refractivity contribution in [2.75, 3.05) is 0 Å². The minimum Gasteiger partial charge on any atom is -0.264 e. The molecule has 0 aliphatic heterocycles. The van der Waals surface area contributed by atoms with Crippen LogP contribution in [-0.4, -0.2) is 23.7 Å². The topological polar surface area (TPSA) is 50.3 Å². The van der Waals surface area contributed by atoms with Crippen molar-refractivity contribution in [2.45, 2.75) is 50.1 Å². The van der Waals surface area contributed by atoms with E-state index in [1.165, 1.54) is 0 Å². The zero-order valence-corrected chi connectivity index (χ0v) is 14.3. The van der Waals surface area contributed by atoms with Crippen molar-refractivity contribution in [2.24, 2.45) is 0 Å². The highest BCUT2D eigenvalue weighted by atomic mass is 32.2. The van der Waals surface area contributed by atoms with E-state index in [4.69, 9.17) is 0 Å². The van der Waals surface area contributed by atoms with Crippen LogP contribution in [0.25, 0.3) is 0 Å². The van der Waals surface area contributed by atoms with E-state index in [9.17, 15) is 8.42 Å². The molecule has 122 valence electrons. The van der Waals surface area contributed by atoms with Crippen LogP contribution in [-0.2, 0) is 16.6 Å². The molecule has 1 heterocycles. The van der Waals surface area contributed by atoms with Crippen LogP contribution in [0.2, 0.25) is 0 Å². The van der Waals surface area contributed by atoms with E-state index in [1.807, 2.05) is 24.3 Å². The molecule has 5 heteroatoms. The molecule has 1 saturated carbocycles. The Morgan fingerprint density at radius 3 is 2.39 bits per heavy atom. The second-order valence-electron chi connectivity index (χ2n) is 6.37. The number of aromatic nitrogens is 1. The Morgan fingerprint density at radius 2 is 1.87 bits per heavy atom. The van der Waals surface area contributed by atoms with E-state index in [1.54, 1.807) is 28.8 Å². The quantitative estimate of drug-likeness (QED) is 0.814. The number of pyridine rings is 1. The van der Waals surface area contributed by atoms with Gasteiger partial charge in [0.05, 0.1) is 4.90 Å². The molecular weight excluding hydrogens is 308 g/mol. The van der Waals surface area contributed by atoms with Gasteiger partial charge in [0.15, 0.2) is 0 Å². The van der Waals surface area contributed by atoms with Gasteiger partial charge in [-0.15, -0.1) is 0 Å². The minimum atomic E-state index is -3.47. The van der Waals surface area contributed by atoms with Crippen LogP contribution in [0.4, 0.5) is 0 Å². The number of hydrogen-bond acceptors (Lipinski definition) is 3. The third kappa shape index (κ3) is 3.62. The van der Waals surface area contributed by atoms with Gasteiger partial charge in [0.25, 0.3) is 0 Å². The summed E-state index contributed by atoms with van der Waals surface area (Å²) in [5.74, 6) is 0.390. The lowest BCUT2D eigenvalue weighted by molar-refractivity contribution is 0.398. The molecule has 0 atom stereocenters. The van der Waals surface area contributed by atoms with Crippen LogP contribution in [0.15, 0.2) is 53.7 Å². The van der Waals surface area contributed by atoms with Gasteiger partial charge in [0.2, 0.25) is 10.0 Å². The lowest BCUT2D eigenvalue weighted by Gasteiger charge is -2.22. The maximum atomic E-state index is 13.0. The van der Waals surface area contributed by atoms with Crippen molar-refractivity contribution in [3.63, 3.8) is 0 Å². The van der Waals surface area contributed by atoms with Gasteiger partial charge in [0, 0.05) is 25.0 Å². The summed E-state index contributed by atoms with van der Waals surface area (Å²) in [6.45, 7) is 4.58. The number of sulfonamides is 1. The number of hydrogen-bond donors (Lipinski definition) is 0. The Labute approximate surface area is 138 Å². The first-order valence-electron chi connectivity index (χ1n) is 7.99. The smallest absolute Gasteiger partial charge is 0.243 e. The molecule has 23 heavy (non-hydrogen) atoms. The summed E-state index contributed by atoms with van der Waals surface area (Å²) in [6, 6.07) is 11.1. The predicted octanol–water partition coefficient (Wildman–Crippen LogP) is 3.56. The first-order chi connectivity index (χ1) is 11.0. The second-order valence-corrected chi connectivity index (χ2v) is 8.26. The van der Waals surface area contributed by atoms with Crippen molar-refractivity contribution in [1.29, 1.82) is 0 Å². The summed E-state index contributed by atoms with van der Waals surface area (Å²) < 4.78 is 27.6. The van der Waals surface area contributed by atoms with Crippen LogP contribution in [0.3, 0.4) is 0 Å². The molecule has 0 bridgehead atoms. The van der Waals surface area contributed by atoms with Crippen molar-refractivity contribution in [3.05, 3.63) is 59.9 Å². The normalized spacial score (nSPS) is 15.3.